The average Bonchev–Trinajstić information content (AvgIpc) is 2.67. The molecule has 0 radical (unpaired) electrons. The van der Waals surface area contributed by atoms with Crippen molar-refractivity contribution in [3.8, 4) is 0 Å². The maximum Gasteiger partial charge on any atom is 0.100 e. The van der Waals surface area contributed by atoms with E-state index in [9.17, 15) is 0 Å². The van der Waals surface area contributed by atoms with Gasteiger partial charge in [-0.05, 0) is 25.3 Å². The molecular formula is C9H16N4. The van der Waals surface area contributed by atoms with E-state index >= 15 is 0 Å². The van der Waals surface area contributed by atoms with Crippen LogP contribution in [0.1, 0.15) is 31.5 Å². The molecule has 1 fully saturated rings. The van der Waals surface area contributed by atoms with Gasteiger partial charge in [0.05, 0.1) is 12.2 Å². The summed E-state index contributed by atoms with van der Waals surface area (Å²) in [5, 5.41) is 11.7. The number of aryl methyl sites for hydroxylation is 1. The standard InChI is InChI=1S/C9H16N4/c1-9(4-5-9)8(10-2)7-6-11-13(3)12-7/h6,8,10H,4-5H2,1-3H3. The molecule has 1 unspecified atom stereocenters. The fraction of sp³-hybridized carbons (Fsp3) is 0.778. The summed E-state index contributed by atoms with van der Waals surface area (Å²) in [5.74, 6) is 0. The zero-order valence-electron chi connectivity index (χ0n) is 8.41. The van der Waals surface area contributed by atoms with Crippen molar-refractivity contribution >= 4 is 0 Å². The number of aromatic nitrogens is 3. The molecule has 0 saturated heterocycles. The van der Waals surface area contributed by atoms with Gasteiger partial charge in [-0.25, -0.2) is 0 Å². The molecule has 0 amide bonds. The molecule has 0 aromatic carbocycles. The van der Waals surface area contributed by atoms with Crippen molar-refractivity contribution in [2.75, 3.05) is 7.05 Å². The second kappa shape index (κ2) is 2.80. The van der Waals surface area contributed by atoms with Crippen LogP contribution in [-0.4, -0.2) is 22.0 Å². The summed E-state index contributed by atoms with van der Waals surface area (Å²) in [6, 6.07) is 0.362. The summed E-state index contributed by atoms with van der Waals surface area (Å²) in [4.78, 5) is 1.62. The zero-order chi connectivity index (χ0) is 9.47. The predicted octanol–water partition coefficient (Wildman–Crippen LogP) is 0.876. The van der Waals surface area contributed by atoms with Crippen LogP contribution in [0.15, 0.2) is 6.20 Å². The minimum Gasteiger partial charge on any atom is -0.311 e. The van der Waals surface area contributed by atoms with Gasteiger partial charge in [-0.15, -0.1) is 0 Å². The van der Waals surface area contributed by atoms with Crippen molar-refractivity contribution in [1.29, 1.82) is 0 Å². The molecule has 72 valence electrons. The molecule has 1 saturated carbocycles. The highest BCUT2D eigenvalue weighted by Gasteiger charge is 2.45. The van der Waals surface area contributed by atoms with Gasteiger partial charge in [0.15, 0.2) is 0 Å². The molecular weight excluding hydrogens is 164 g/mol. The first kappa shape index (κ1) is 8.69. The Kier molecular flexibility index (Phi) is 1.87. The normalized spacial score (nSPS) is 21.5. The third kappa shape index (κ3) is 1.46. The zero-order valence-corrected chi connectivity index (χ0v) is 8.41. The number of hydrogen-bond donors (Lipinski definition) is 1. The van der Waals surface area contributed by atoms with E-state index in [1.807, 2.05) is 20.3 Å². The van der Waals surface area contributed by atoms with E-state index in [-0.39, 0.29) is 0 Å². The quantitative estimate of drug-likeness (QED) is 0.750. The highest BCUT2D eigenvalue weighted by Crippen LogP contribution is 2.53. The average molecular weight is 180 g/mol. The highest BCUT2D eigenvalue weighted by atomic mass is 15.5. The van der Waals surface area contributed by atoms with Crippen molar-refractivity contribution in [2.24, 2.45) is 12.5 Å². The molecule has 0 bridgehead atoms. The van der Waals surface area contributed by atoms with Gasteiger partial charge >= 0.3 is 0 Å². The van der Waals surface area contributed by atoms with Gasteiger partial charge in [-0.3, -0.25) is 0 Å². The van der Waals surface area contributed by atoms with Crippen LogP contribution in [0, 0.1) is 5.41 Å². The maximum atomic E-state index is 4.33. The summed E-state index contributed by atoms with van der Waals surface area (Å²) >= 11 is 0. The Balaban J connectivity index is 2.22. The Morgan fingerprint density at radius 3 is 2.69 bits per heavy atom. The number of hydrogen-bond acceptors (Lipinski definition) is 3. The van der Waals surface area contributed by atoms with Crippen molar-refractivity contribution in [2.45, 2.75) is 25.8 Å². The molecule has 1 aromatic rings. The molecule has 1 aromatic heterocycles. The van der Waals surface area contributed by atoms with E-state index in [1.54, 1.807) is 4.80 Å². The topological polar surface area (TPSA) is 42.7 Å². The summed E-state index contributed by atoms with van der Waals surface area (Å²) in [6.45, 7) is 2.29. The Morgan fingerprint density at radius 2 is 2.31 bits per heavy atom. The Morgan fingerprint density at radius 1 is 1.62 bits per heavy atom. The van der Waals surface area contributed by atoms with Crippen molar-refractivity contribution < 1.29 is 0 Å². The van der Waals surface area contributed by atoms with Crippen LogP contribution in [-0.2, 0) is 7.05 Å². The van der Waals surface area contributed by atoms with Crippen LogP contribution < -0.4 is 5.32 Å². The molecule has 13 heavy (non-hydrogen) atoms. The minimum absolute atomic E-state index is 0.362. The first-order valence-corrected chi connectivity index (χ1v) is 4.69. The number of nitrogens with zero attached hydrogens (tertiary/aromatic N) is 3. The predicted molar refractivity (Wildman–Crippen MR) is 50.1 cm³/mol. The van der Waals surface area contributed by atoms with E-state index in [0.29, 0.717) is 11.5 Å². The lowest BCUT2D eigenvalue weighted by atomic mass is 9.97. The third-order valence-corrected chi connectivity index (χ3v) is 2.94. The van der Waals surface area contributed by atoms with Crippen LogP contribution in [0.25, 0.3) is 0 Å². The van der Waals surface area contributed by atoms with Gasteiger partial charge in [-0.1, -0.05) is 6.92 Å². The van der Waals surface area contributed by atoms with Gasteiger partial charge < -0.3 is 5.32 Å². The van der Waals surface area contributed by atoms with Crippen LogP contribution in [0.4, 0.5) is 0 Å². The van der Waals surface area contributed by atoms with Gasteiger partial charge in [-0.2, -0.15) is 15.0 Å². The number of rotatable bonds is 3. The second-order valence-corrected chi connectivity index (χ2v) is 4.13. The largest absolute Gasteiger partial charge is 0.311 e. The molecule has 2 rings (SSSR count). The molecule has 1 aliphatic rings. The molecule has 4 heteroatoms. The first-order valence-electron chi connectivity index (χ1n) is 4.69. The monoisotopic (exact) mass is 180 g/mol. The van der Waals surface area contributed by atoms with E-state index in [1.165, 1.54) is 12.8 Å². The van der Waals surface area contributed by atoms with E-state index in [0.717, 1.165) is 5.69 Å². The molecule has 1 atom stereocenters. The number of nitrogens with one attached hydrogen (secondary N) is 1. The van der Waals surface area contributed by atoms with Crippen LogP contribution >= 0.6 is 0 Å². The highest BCUT2D eigenvalue weighted by molar-refractivity contribution is 5.11. The SMILES string of the molecule is CNC(c1cnn(C)n1)C1(C)CC1. The van der Waals surface area contributed by atoms with Crippen LogP contribution in [0.5, 0.6) is 0 Å². The second-order valence-electron chi connectivity index (χ2n) is 4.13. The fourth-order valence-corrected chi connectivity index (χ4v) is 1.83. The van der Waals surface area contributed by atoms with Gasteiger partial charge in [0, 0.05) is 7.05 Å². The van der Waals surface area contributed by atoms with E-state index < -0.39 is 0 Å². The maximum absolute atomic E-state index is 4.33. The lowest BCUT2D eigenvalue weighted by Gasteiger charge is -2.20. The summed E-state index contributed by atoms with van der Waals surface area (Å²) in [5.41, 5.74) is 1.47. The van der Waals surface area contributed by atoms with Crippen molar-refractivity contribution in [1.82, 2.24) is 20.3 Å². The summed E-state index contributed by atoms with van der Waals surface area (Å²) in [6.07, 6.45) is 4.43. The Hall–Kier alpha value is -0.900. The Bertz CT molecular complexity index is 300. The molecule has 1 N–H and O–H groups in total. The van der Waals surface area contributed by atoms with Crippen LogP contribution in [0.3, 0.4) is 0 Å². The van der Waals surface area contributed by atoms with Gasteiger partial charge in [0.25, 0.3) is 0 Å². The lowest BCUT2D eigenvalue weighted by Crippen LogP contribution is -2.25. The molecule has 0 aliphatic heterocycles. The van der Waals surface area contributed by atoms with Crippen molar-refractivity contribution in [3.63, 3.8) is 0 Å². The molecule has 4 nitrogen and oxygen atoms in total. The first-order chi connectivity index (χ1) is 6.15. The Labute approximate surface area is 78.3 Å². The minimum atomic E-state index is 0.362. The molecule has 1 heterocycles. The van der Waals surface area contributed by atoms with Gasteiger partial charge in [0.1, 0.15) is 5.69 Å². The van der Waals surface area contributed by atoms with E-state index in [2.05, 4.69) is 22.4 Å². The smallest absolute Gasteiger partial charge is 0.100 e. The van der Waals surface area contributed by atoms with Crippen LogP contribution in [0.2, 0.25) is 0 Å². The van der Waals surface area contributed by atoms with Crippen molar-refractivity contribution in [3.05, 3.63) is 11.9 Å². The summed E-state index contributed by atoms with van der Waals surface area (Å²) < 4.78 is 0. The third-order valence-electron chi connectivity index (χ3n) is 2.94. The molecule has 0 spiro atoms. The lowest BCUT2D eigenvalue weighted by molar-refractivity contribution is 0.379. The summed E-state index contributed by atoms with van der Waals surface area (Å²) in [7, 11) is 3.84. The molecule has 1 aliphatic carbocycles. The van der Waals surface area contributed by atoms with E-state index in [4.69, 9.17) is 0 Å². The fourth-order valence-electron chi connectivity index (χ4n) is 1.83. The van der Waals surface area contributed by atoms with Gasteiger partial charge in [0.2, 0.25) is 0 Å².